The van der Waals surface area contributed by atoms with Gasteiger partial charge in [-0.3, -0.25) is 24.5 Å². The van der Waals surface area contributed by atoms with Crippen LogP contribution in [0.5, 0.6) is 0 Å². The normalized spacial score (nSPS) is 17.4. The topological polar surface area (TPSA) is 110 Å². The standard InChI is InChI=1S/C25H21N3O5/c1-15(2)33-25(32)18-3-5-19(6-4-18)28-21(16-7-11-26-12-8-16)20(23(30)24(28)31)22(29)17-9-13-27-14-10-17/h3-15,21,29H,1-2H3/b22-20+. The highest BCUT2D eigenvalue weighted by Gasteiger charge is 2.47. The number of anilines is 1. The van der Waals surface area contributed by atoms with E-state index in [-0.39, 0.29) is 17.4 Å². The number of aliphatic hydroxyl groups is 1. The third kappa shape index (κ3) is 4.23. The first-order chi connectivity index (χ1) is 15.9. The van der Waals surface area contributed by atoms with Crippen LogP contribution >= 0.6 is 0 Å². The summed E-state index contributed by atoms with van der Waals surface area (Å²) in [7, 11) is 0. The third-order valence-corrected chi connectivity index (χ3v) is 5.14. The molecule has 1 aliphatic rings. The minimum atomic E-state index is -0.880. The SMILES string of the molecule is CC(C)OC(=O)c1ccc(N2C(=O)C(=O)/C(=C(/O)c3ccncc3)C2c2ccncc2)cc1. The van der Waals surface area contributed by atoms with Gasteiger partial charge in [-0.2, -0.15) is 0 Å². The largest absolute Gasteiger partial charge is 0.507 e. The molecule has 1 aliphatic heterocycles. The Morgan fingerprint density at radius 2 is 1.48 bits per heavy atom. The van der Waals surface area contributed by atoms with Gasteiger partial charge >= 0.3 is 5.97 Å². The summed E-state index contributed by atoms with van der Waals surface area (Å²) in [6, 6.07) is 11.8. The summed E-state index contributed by atoms with van der Waals surface area (Å²) in [5.41, 5.74) is 1.65. The number of rotatable bonds is 5. The summed E-state index contributed by atoms with van der Waals surface area (Å²) in [4.78, 5) is 47.6. The molecule has 8 nitrogen and oxygen atoms in total. The molecule has 3 heterocycles. The molecule has 8 heteroatoms. The summed E-state index contributed by atoms with van der Waals surface area (Å²) in [6.07, 6.45) is 5.80. The van der Waals surface area contributed by atoms with Crippen LogP contribution in [0.2, 0.25) is 0 Å². The molecule has 1 unspecified atom stereocenters. The molecule has 2 aromatic heterocycles. The van der Waals surface area contributed by atoms with Crippen LogP contribution in [-0.4, -0.2) is 38.8 Å². The molecule has 1 aromatic carbocycles. The Balaban J connectivity index is 1.81. The van der Waals surface area contributed by atoms with E-state index in [1.807, 2.05) is 0 Å². The molecule has 1 fully saturated rings. The van der Waals surface area contributed by atoms with Crippen molar-refractivity contribution in [3.63, 3.8) is 0 Å². The van der Waals surface area contributed by atoms with Crippen molar-refractivity contribution in [1.82, 2.24) is 9.97 Å². The number of esters is 1. The second kappa shape index (κ2) is 9.04. The van der Waals surface area contributed by atoms with E-state index in [4.69, 9.17) is 4.74 Å². The number of nitrogens with zero attached hydrogens (tertiary/aromatic N) is 3. The van der Waals surface area contributed by atoms with E-state index < -0.39 is 23.7 Å². The molecule has 1 amide bonds. The molecule has 1 N–H and O–H groups in total. The van der Waals surface area contributed by atoms with Gasteiger partial charge in [0.05, 0.1) is 23.3 Å². The highest BCUT2D eigenvalue weighted by atomic mass is 16.5. The fourth-order valence-electron chi connectivity index (χ4n) is 3.67. The number of carbonyl (C=O) groups is 3. The molecule has 33 heavy (non-hydrogen) atoms. The number of benzene rings is 1. The number of aromatic nitrogens is 2. The van der Waals surface area contributed by atoms with Crippen LogP contribution in [0.25, 0.3) is 5.76 Å². The molecule has 4 rings (SSSR count). The smallest absolute Gasteiger partial charge is 0.338 e. The van der Waals surface area contributed by atoms with Gasteiger partial charge in [0.25, 0.3) is 11.7 Å². The Bertz CT molecular complexity index is 1220. The summed E-state index contributed by atoms with van der Waals surface area (Å²) in [5, 5.41) is 11.0. The van der Waals surface area contributed by atoms with Crippen LogP contribution < -0.4 is 4.90 Å². The van der Waals surface area contributed by atoms with E-state index in [1.54, 1.807) is 62.6 Å². The zero-order valence-electron chi connectivity index (χ0n) is 18.0. The Hall–Kier alpha value is -4.33. The molecule has 1 saturated heterocycles. The fourth-order valence-corrected chi connectivity index (χ4v) is 3.67. The molecule has 1 atom stereocenters. The van der Waals surface area contributed by atoms with Crippen molar-refractivity contribution in [3.8, 4) is 0 Å². The van der Waals surface area contributed by atoms with Crippen LogP contribution in [0.3, 0.4) is 0 Å². The van der Waals surface area contributed by atoms with Gasteiger partial charge in [-0.1, -0.05) is 0 Å². The van der Waals surface area contributed by atoms with Gasteiger partial charge in [0, 0.05) is 36.0 Å². The number of hydrogen-bond donors (Lipinski definition) is 1. The van der Waals surface area contributed by atoms with Crippen molar-refractivity contribution in [2.75, 3.05) is 4.90 Å². The molecular weight excluding hydrogens is 422 g/mol. The number of carbonyl (C=O) groups excluding carboxylic acids is 3. The van der Waals surface area contributed by atoms with Crippen LogP contribution in [-0.2, 0) is 14.3 Å². The van der Waals surface area contributed by atoms with E-state index in [1.165, 1.54) is 29.4 Å². The lowest BCUT2D eigenvalue weighted by Gasteiger charge is -2.25. The minimum Gasteiger partial charge on any atom is -0.507 e. The maximum atomic E-state index is 13.1. The van der Waals surface area contributed by atoms with Gasteiger partial charge in [0.15, 0.2) is 0 Å². The summed E-state index contributed by atoms with van der Waals surface area (Å²) in [6.45, 7) is 3.51. The van der Waals surface area contributed by atoms with Gasteiger partial charge in [-0.05, 0) is 67.9 Å². The zero-order valence-corrected chi connectivity index (χ0v) is 18.0. The number of pyridine rings is 2. The molecule has 0 radical (unpaired) electrons. The minimum absolute atomic E-state index is 0.0410. The van der Waals surface area contributed by atoms with Crippen LogP contribution in [0.1, 0.15) is 41.4 Å². The predicted octanol–water partition coefficient (Wildman–Crippen LogP) is 3.67. The highest BCUT2D eigenvalue weighted by molar-refractivity contribution is 6.51. The molecule has 3 aromatic rings. The number of Topliss-reactive ketones (excluding diaryl/α,β-unsaturated/α-hetero) is 1. The van der Waals surface area contributed by atoms with Crippen molar-refractivity contribution >= 4 is 29.1 Å². The molecule has 0 saturated carbocycles. The summed E-state index contributed by atoms with van der Waals surface area (Å²) >= 11 is 0. The maximum absolute atomic E-state index is 13.1. The van der Waals surface area contributed by atoms with E-state index >= 15 is 0 Å². The van der Waals surface area contributed by atoms with Crippen molar-refractivity contribution in [3.05, 3.63) is 95.6 Å². The lowest BCUT2D eigenvalue weighted by Crippen LogP contribution is -2.29. The quantitative estimate of drug-likeness (QED) is 0.277. The second-order valence-electron chi connectivity index (χ2n) is 7.69. The van der Waals surface area contributed by atoms with Gasteiger partial charge in [-0.25, -0.2) is 4.79 Å². The van der Waals surface area contributed by atoms with E-state index in [0.717, 1.165) is 0 Å². The monoisotopic (exact) mass is 443 g/mol. The predicted molar refractivity (Wildman–Crippen MR) is 120 cm³/mol. The Morgan fingerprint density at radius 1 is 0.909 bits per heavy atom. The summed E-state index contributed by atoms with van der Waals surface area (Å²) in [5.74, 6) is -2.38. The van der Waals surface area contributed by atoms with Crippen molar-refractivity contribution in [1.29, 1.82) is 0 Å². The van der Waals surface area contributed by atoms with Crippen molar-refractivity contribution < 1.29 is 24.2 Å². The van der Waals surface area contributed by atoms with E-state index in [0.29, 0.717) is 22.4 Å². The maximum Gasteiger partial charge on any atom is 0.338 e. The Morgan fingerprint density at radius 3 is 2.06 bits per heavy atom. The number of aliphatic hydroxyl groups excluding tert-OH is 1. The molecule has 0 bridgehead atoms. The number of hydrogen-bond acceptors (Lipinski definition) is 7. The average Bonchev–Trinajstić information content (AvgIpc) is 3.10. The molecule has 0 spiro atoms. The van der Waals surface area contributed by atoms with Gasteiger partial charge in [0.2, 0.25) is 0 Å². The molecule has 166 valence electrons. The third-order valence-electron chi connectivity index (χ3n) is 5.14. The van der Waals surface area contributed by atoms with Crippen molar-refractivity contribution in [2.45, 2.75) is 26.0 Å². The average molecular weight is 443 g/mol. The van der Waals surface area contributed by atoms with Crippen molar-refractivity contribution in [2.24, 2.45) is 0 Å². The molecular formula is C25H21N3O5. The zero-order chi connectivity index (χ0) is 23.5. The second-order valence-corrected chi connectivity index (χ2v) is 7.69. The van der Waals surface area contributed by atoms with E-state index in [2.05, 4.69) is 9.97 Å². The lowest BCUT2D eigenvalue weighted by atomic mass is 9.96. The van der Waals surface area contributed by atoms with Gasteiger partial charge < -0.3 is 9.84 Å². The lowest BCUT2D eigenvalue weighted by molar-refractivity contribution is -0.132. The van der Waals surface area contributed by atoms with E-state index in [9.17, 15) is 19.5 Å². The fraction of sp³-hybridized carbons (Fsp3) is 0.160. The number of amides is 1. The van der Waals surface area contributed by atoms with Crippen LogP contribution in [0.4, 0.5) is 5.69 Å². The number of ether oxygens (including phenoxy) is 1. The first-order valence-electron chi connectivity index (χ1n) is 10.3. The van der Waals surface area contributed by atoms with Crippen LogP contribution in [0.15, 0.2) is 78.9 Å². The van der Waals surface area contributed by atoms with Gasteiger partial charge in [0.1, 0.15) is 5.76 Å². The number of ketones is 1. The Labute approximate surface area is 190 Å². The first kappa shape index (κ1) is 21.9. The first-order valence-corrected chi connectivity index (χ1v) is 10.3. The van der Waals surface area contributed by atoms with Crippen LogP contribution in [0, 0.1) is 0 Å². The van der Waals surface area contributed by atoms with Gasteiger partial charge in [-0.15, -0.1) is 0 Å². The summed E-state index contributed by atoms with van der Waals surface area (Å²) < 4.78 is 5.20. The Kier molecular flexibility index (Phi) is 5.99. The molecule has 0 aliphatic carbocycles. The highest BCUT2D eigenvalue weighted by Crippen LogP contribution is 2.41.